The number of aromatic hydroxyl groups is 1. The quantitative estimate of drug-likeness (QED) is 0.345. The molecule has 0 spiro atoms. The summed E-state index contributed by atoms with van der Waals surface area (Å²) in [5, 5.41) is 18.7. The van der Waals surface area contributed by atoms with Gasteiger partial charge in [-0.25, -0.2) is 9.97 Å². The van der Waals surface area contributed by atoms with Gasteiger partial charge >= 0.3 is 0 Å². The third-order valence-electron chi connectivity index (χ3n) is 6.07. The summed E-state index contributed by atoms with van der Waals surface area (Å²) in [6.07, 6.45) is 1.53. The number of hydrogen-bond donors (Lipinski definition) is 1. The van der Waals surface area contributed by atoms with Crippen LogP contribution in [0.25, 0.3) is 20.7 Å². The summed E-state index contributed by atoms with van der Waals surface area (Å²) in [5.41, 5.74) is 5.30. The molecule has 2 aromatic heterocycles. The van der Waals surface area contributed by atoms with Crippen LogP contribution in [0.15, 0.2) is 59.0 Å². The van der Waals surface area contributed by atoms with Crippen molar-refractivity contribution >= 4 is 27.4 Å². The van der Waals surface area contributed by atoms with E-state index >= 15 is 0 Å². The van der Waals surface area contributed by atoms with Gasteiger partial charge in [-0.15, -0.1) is 16.5 Å². The molecule has 2 aromatic carbocycles. The maximum Gasteiger partial charge on any atom is 0.195 e. The molecular weight excluding hydrogens is 462 g/mol. The predicted molar refractivity (Wildman–Crippen MR) is 137 cm³/mol. The van der Waals surface area contributed by atoms with Crippen molar-refractivity contribution in [2.75, 3.05) is 33.4 Å². The van der Waals surface area contributed by atoms with Crippen molar-refractivity contribution in [2.24, 2.45) is 10.2 Å². The van der Waals surface area contributed by atoms with E-state index in [1.807, 2.05) is 6.07 Å². The number of azo groups is 1. The van der Waals surface area contributed by atoms with Gasteiger partial charge in [0.15, 0.2) is 17.3 Å². The zero-order valence-corrected chi connectivity index (χ0v) is 20.6. The topological polar surface area (TPSA) is 92.4 Å². The average Bonchev–Trinajstić information content (AvgIpc) is 3.22. The van der Waals surface area contributed by atoms with Gasteiger partial charge in [0.1, 0.15) is 11.0 Å². The van der Waals surface area contributed by atoms with Crippen LogP contribution in [0.3, 0.4) is 0 Å². The van der Waals surface area contributed by atoms with Crippen LogP contribution in [0, 0.1) is 6.92 Å². The smallest absolute Gasteiger partial charge is 0.195 e. The number of hydrogen-bond acceptors (Lipinski definition) is 9. The number of thiophene rings is 1. The van der Waals surface area contributed by atoms with Gasteiger partial charge in [-0.3, -0.25) is 4.90 Å². The molecule has 0 unspecified atom stereocenters. The lowest BCUT2D eigenvalue weighted by atomic mass is 10.1. The first-order valence-electron chi connectivity index (χ1n) is 11.5. The normalized spacial score (nSPS) is 14.7. The largest absolute Gasteiger partial charge is 0.504 e. The Balaban J connectivity index is 1.35. The van der Waals surface area contributed by atoms with Crippen LogP contribution in [0.4, 0.5) is 5.82 Å². The zero-order chi connectivity index (χ0) is 24.2. The Morgan fingerprint density at radius 1 is 1.09 bits per heavy atom. The zero-order valence-electron chi connectivity index (χ0n) is 19.8. The van der Waals surface area contributed by atoms with Gasteiger partial charge in [-0.05, 0) is 41.3 Å². The molecule has 4 aromatic rings. The molecule has 1 saturated heterocycles. The predicted octanol–water partition coefficient (Wildman–Crippen LogP) is 5.50. The molecule has 9 heteroatoms. The number of benzene rings is 2. The molecular formula is C26H27N5O3S. The lowest BCUT2D eigenvalue weighted by Crippen LogP contribution is -2.35. The van der Waals surface area contributed by atoms with Crippen LogP contribution in [0.1, 0.15) is 16.7 Å². The molecule has 1 aliphatic rings. The highest BCUT2D eigenvalue weighted by atomic mass is 32.1. The van der Waals surface area contributed by atoms with Crippen molar-refractivity contribution < 1.29 is 14.6 Å². The van der Waals surface area contributed by atoms with E-state index in [9.17, 15) is 5.11 Å². The van der Waals surface area contributed by atoms with Crippen molar-refractivity contribution in [3.05, 3.63) is 65.5 Å². The number of fused-ring (bicyclic) bond motifs is 1. The fraction of sp³-hybridized carbons (Fsp3) is 0.308. The van der Waals surface area contributed by atoms with Crippen LogP contribution < -0.4 is 4.74 Å². The SMILES string of the molecule is COc1ccc(CN=Nc2ncnc3c(C)c(-c4ccc(CN5CCOCC5)cc4)sc23)cc1O. The molecule has 8 nitrogen and oxygen atoms in total. The van der Waals surface area contributed by atoms with E-state index in [4.69, 9.17) is 9.47 Å². The molecule has 0 saturated carbocycles. The summed E-state index contributed by atoms with van der Waals surface area (Å²) >= 11 is 1.64. The average molecular weight is 490 g/mol. The maximum atomic E-state index is 9.97. The number of aryl methyl sites for hydroxylation is 1. The molecule has 1 N–H and O–H groups in total. The van der Waals surface area contributed by atoms with Crippen LogP contribution in [0.5, 0.6) is 11.5 Å². The van der Waals surface area contributed by atoms with E-state index in [1.54, 1.807) is 23.5 Å². The molecule has 0 bridgehead atoms. The Morgan fingerprint density at radius 3 is 2.60 bits per heavy atom. The monoisotopic (exact) mass is 489 g/mol. The van der Waals surface area contributed by atoms with Crippen LogP contribution in [-0.4, -0.2) is 53.4 Å². The van der Waals surface area contributed by atoms with Crippen LogP contribution >= 0.6 is 11.3 Å². The van der Waals surface area contributed by atoms with Crippen molar-refractivity contribution in [1.82, 2.24) is 14.9 Å². The minimum Gasteiger partial charge on any atom is -0.504 e. The molecule has 0 aliphatic carbocycles. The number of rotatable bonds is 7. The molecule has 35 heavy (non-hydrogen) atoms. The van der Waals surface area contributed by atoms with Crippen molar-refractivity contribution in [1.29, 1.82) is 0 Å². The van der Waals surface area contributed by atoms with Crippen molar-refractivity contribution in [3.8, 4) is 21.9 Å². The highest BCUT2D eigenvalue weighted by molar-refractivity contribution is 7.23. The number of phenolic OH excluding ortho intramolecular Hbond substituents is 1. The van der Waals surface area contributed by atoms with E-state index < -0.39 is 0 Å². The third kappa shape index (κ3) is 5.17. The van der Waals surface area contributed by atoms with Gasteiger partial charge in [0, 0.05) is 24.5 Å². The van der Waals surface area contributed by atoms with Crippen LogP contribution in [-0.2, 0) is 17.8 Å². The Hall–Kier alpha value is -3.40. The van der Waals surface area contributed by atoms with E-state index in [-0.39, 0.29) is 5.75 Å². The van der Waals surface area contributed by atoms with Gasteiger partial charge in [-0.1, -0.05) is 30.3 Å². The summed E-state index contributed by atoms with van der Waals surface area (Å²) in [4.78, 5) is 12.5. The first-order valence-corrected chi connectivity index (χ1v) is 12.3. The van der Waals surface area contributed by atoms with E-state index in [0.29, 0.717) is 18.1 Å². The van der Waals surface area contributed by atoms with Crippen LogP contribution in [0.2, 0.25) is 0 Å². The second kappa shape index (κ2) is 10.5. The Morgan fingerprint density at radius 2 is 1.86 bits per heavy atom. The Kier molecular flexibility index (Phi) is 6.98. The number of morpholine rings is 1. The summed E-state index contributed by atoms with van der Waals surface area (Å²) < 4.78 is 11.4. The summed E-state index contributed by atoms with van der Waals surface area (Å²) in [5.74, 6) is 1.06. The second-order valence-electron chi connectivity index (χ2n) is 8.42. The summed E-state index contributed by atoms with van der Waals surface area (Å²) in [7, 11) is 1.52. The fourth-order valence-corrected chi connectivity index (χ4v) is 5.35. The van der Waals surface area contributed by atoms with E-state index in [1.165, 1.54) is 19.0 Å². The lowest BCUT2D eigenvalue weighted by Gasteiger charge is -2.26. The van der Waals surface area contributed by atoms with Gasteiger partial charge in [0.25, 0.3) is 0 Å². The number of nitrogens with zero attached hydrogens (tertiary/aromatic N) is 5. The van der Waals surface area contributed by atoms with Gasteiger partial charge in [0.2, 0.25) is 0 Å². The third-order valence-corrected chi connectivity index (χ3v) is 7.40. The van der Waals surface area contributed by atoms with Crippen molar-refractivity contribution in [3.63, 3.8) is 0 Å². The van der Waals surface area contributed by atoms with Gasteiger partial charge in [0.05, 0.1) is 32.4 Å². The highest BCUT2D eigenvalue weighted by Crippen LogP contribution is 2.40. The Bertz CT molecular complexity index is 1350. The molecule has 5 rings (SSSR count). The summed E-state index contributed by atoms with van der Waals surface area (Å²) in [6.45, 7) is 6.93. The fourth-order valence-electron chi connectivity index (χ4n) is 4.16. The molecule has 0 atom stereocenters. The van der Waals surface area contributed by atoms with E-state index in [2.05, 4.69) is 56.3 Å². The minimum atomic E-state index is 0.0825. The standard InChI is InChI=1S/C26H27N5O3S/c1-17-23-25(26(28-16-27-23)30-29-14-19-5-8-22(33-2)21(32)13-19)35-24(17)20-6-3-18(4-7-20)15-31-9-11-34-12-10-31/h3-8,13,16,32H,9-12,14-15H2,1-2H3. The molecule has 0 amide bonds. The van der Waals surface area contributed by atoms with Crippen molar-refractivity contribution in [2.45, 2.75) is 20.0 Å². The molecule has 1 aliphatic heterocycles. The number of ether oxygens (including phenoxy) is 2. The first kappa shape index (κ1) is 23.3. The first-order chi connectivity index (χ1) is 17.1. The number of aromatic nitrogens is 2. The highest BCUT2D eigenvalue weighted by Gasteiger charge is 2.16. The molecule has 180 valence electrons. The maximum absolute atomic E-state index is 9.97. The molecule has 1 fully saturated rings. The molecule has 0 radical (unpaired) electrons. The Labute approximate surface area is 207 Å². The molecule has 3 heterocycles. The minimum absolute atomic E-state index is 0.0825. The van der Waals surface area contributed by atoms with Gasteiger partial charge in [-0.2, -0.15) is 5.11 Å². The summed E-state index contributed by atoms with van der Waals surface area (Å²) in [6, 6.07) is 13.9. The number of phenols is 1. The van der Waals surface area contributed by atoms with Gasteiger partial charge < -0.3 is 14.6 Å². The lowest BCUT2D eigenvalue weighted by molar-refractivity contribution is 0.0342. The number of methoxy groups -OCH3 is 1. The van der Waals surface area contributed by atoms with E-state index in [0.717, 1.165) is 64.6 Å². The second-order valence-corrected chi connectivity index (χ2v) is 9.44.